The minimum Gasteiger partial charge on any atom is -0.863 e. The molecule has 2 amide bonds. The van der Waals surface area contributed by atoms with Gasteiger partial charge in [-0.1, -0.05) is 17.4 Å². The maximum absolute atomic E-state index is 12.9. The second kappa shape index (κ2) is 10.8. The van der Waals surface area contributed by atoms with Gasteiger partial charge in [-0.15, -0.1) is 23.1 Å². The summed E-state index contributed by atoms with van der Waals surface area (Å²) in [5.41, 5.74) is 7.01. The summed E-state index contributed by atoms with van der Waals surface area (Å²) in [7, 11) is 1.31. The van der Waals surface area contributed by atoms with Crippen LogP contribution in [0.15, 0.2) is 21.8 Å². The van der Waals surface area contributed by atoms with Gasteiger partial charge in [0, 0.05) is 30.0 Å². The molecular formula is C18H20N5NaO5S3. The fourth-order valence-corrected chi connectivity index (χ4v) is 6.13. The van der Waals surface area contributed by atoms with E-state index in [1.165, 1.54) is 23.8 Å². The van der Waals surface area contributed by atoms with E-state index < -0.39 is 22.4 Å². The van der Waals surface area contributed by atoms with E-state index in [4.69, 9.17) is 27.5 Å². The van der Waals surface area contributed by atoms with Crippen LogP contribution in [0, 0.1) is 5.92 Å². The maximum Gasteiger partial charge on any atom is 1.00 e. The monoisotopic (exact) mass is 505 g/mol. The second-order valence-corrected chi connectivity index (χ2v) is 9.47. The molecule has 0 spiro atoms. The Labute approximate surface area is 220 Å². The van der Waals surface area contributed by atoms with Gasteiger partial charge < -0.3 is 25.7 Å². The van der Waals surface area contributed by atoms with E-state index in [0.29, 0.717) is 24.7 Å². The van der Waals surface area contributed by atoms with Crippen LogP contribution < -0.4 is 45.7 Å². The van der Waals surface area contributed by atoms with Crippen LogP contribution in [-0.4, -0.2) is 70.0 Å². The van der Waals surface area contributed by atoms with Gasteiger partial charge in [-0.3, -0.25) is 14.5 Å². The summed E-state index contributed by atoms with van der Waals surface area (Å²) >= 11 is 7.62. The predicted molar refractivity (Wildman–Crippen MR) is 118 cm³/mol. The van der Waals surface area contributed by atoms with Crippen LogP contribution >= 0.6 is 35.3 Å². The zero-order valence-electron chi connectivity index (χ0n) is 17.5. The number of carbonyl (C=O) groups excluding carboxylic acids is 2. The van der Waals surface area contributed by atoms with Crippen LogP contribution in [0.2, 0.25) is 0 Å². The van der Waals surface area contributed by atoms with E-state index >= 15 is 0 Å². The number of carbonyl (C=O) groups is 2. The van der Waals surface area contributed by atoms with Gasteiger partial charge in [-0.2, -0.15) is 0 Å². The number of anilines is 1. The van der Waals surface area contributed by atoms with Crippen molar-refractivity contribution in [1.82, 2.24) is 15.2 Å². The average Bonchev–Trinajstić information content (AvgIpc) is 3.20. The molecule has 3 N–H and O–H groups in total. The molecule has 0 saturated carbocycles. The zero-order chi connectivity index (χ0) is 22.1. The minimum atomic E-state index is -0.809. The Bertz CT molecular complexity index is 978. The Morgan fingerprint density at radius 2 is 2.19 bits per heavy atom. The summed E-state index contributed by atoms with van der Waals surface area (Å²) in [5.74, 6) is -0.250. The van der Waals surface area contributed by atoms with E-state index in [0.717, 1.165) is 29.8 Å². The van der Waals surface area contributed by atoms with Crippen LogP contribution in [0.5, 0.6) is 0 Å². The Morgan fingerprint density at radius 3 is 2.78 bits per heavy atom. The van der Waals surface area contributed by atoms with Gasteiger partial charge in [-0.05, 0) is 29.4 Å². The first-order valence-electron chi connectivity index (χ1n) is 9.52. The number of rotatable bonds is 6. The predicted octanol–water partition coefficient (Wildman–Crippen LogP) is -3.15. The molecule has 0 radical (unpaired) electrons. The second-order valence-electron chi connectivity index (χ2n) is 7.10. The molecule has 166 valence electrons. The Balaban J connectivity index is 0.00000289. The van der Waals surface area contributed by atoms with Crippen LogP contribution in [0.4, 0.5) is 5.13 Å². The average molecular weight is 506 g/mol. The number of nitrogens with one attached hydrogen (secondary N) is 1. The van der Waals surface area contributed by atoms with Crippen LogP contribution in [0.25, 0.3) is 0 Å². The first kappa shape index (κ1) is 25.4. The minimum absolute atomic E-state index is 0. The van der Waals surface area contributed by atoms with Gasteiger partial charge >= 0.3 is 29.6 Å². The first-order valence-corrected chi connectivity index (χ1v) is 11.9. The number of ether oxygens (including phenoxy) is 1. The third-order valence-electron chi connectivity index (χ3n) is 5.35. The standard InChI is InChI=1S/C18H21N5O5S3.Na/c1-27-22-11(10-7-31-18(19)20-10)14(24)21-12-15(25)23-13(17(26)29)9(6-30-16(12)23)8-2-4-28-5-3-8;/h7-8,12,16H,2-6H2,1H3,(H2,19,20)(H,21,24)(H,26,29);/q;+1/p-1/b22-11+;/t12?,16-;/m1./s1. The molecule has 1 aromatic rings. The molecular weight excluding hydrogens is 485 g/mol. The summed E-state index contributed by atoms with van der Waals surface area (Å²) in [6, 6.07) is -0.809. The number of oxime groups is 1. The number of hydrogen-bond acceptors (Lipinski definition) is 11. The summed E-state index contributed by atoms with van der Waals surface area (Å²) in [6.45, 7) is 1.24. The third-order valence-corrected chi connectivity index (χ3v) is 7.52. The Morgan fingerprint density at radius 1 is 1.47 bits per heavy atom. The number of amides is 2. The number of hydrogen-bond donors (Lipinski definition) is 2. The van der Waals surface area contributed by atoms with Crippen LogP contribution in [-0.2, 0) is 19.2 Å². The molecule has 1 unspecified atom stereocenters. The van der Waals surface area contributed by atoms with Gasteiger partial charge in [0.2, 0.25) is 0 Å². The number of thiocarbonyl (C=S) groups is 1. The van der Waals surface area contributed by atoms with E-state index in [-0.39, 0.29) is 57.9 Å². The molecule has 3 aliphatic rings. The van der Waals surface area contributed by atoms with Crippen molar-refractivity contribution in [2.24, 2.45) is 11.1 Å². The van der Waals surface area contributed by atoms with Crippen LogP contribution in [0.1, 0.15) is 18.5 Å². The SMILES string of the molecule is CO/N=C(/C(=O)NC1C(=O)N2C(C([O-])=S)=C(C3CCOCC3)CS[C@H]12)c1csc(N)n1.[Na+]. The van der Waals surface area contributed by atoms with Gasteiger partial charge in [0.15, 0.2) is 10.8 Å². The van der Waals surface area contributed by atoms with Crippen molar-refractivity contribution >= 4 is 63.0 Å². The summed E-state index contributed by atoms with van der Waals surface area (Å²) in [4.78, 5) is 36.0. The van der Waals surface area contributed by atoms with E-state index in [2.05, 4.69) is 15.5 Å². The normalized spacial score (nSPS) is 23.7. The van der Waals surface area contributed by atoms with Crippen molar-refractivity contribution in [3.8, 4) is 0 Å². The number of nitrogen functional groups attached to an aromatic ring is 1. The molecule has 0 aromatic carbocycles. The Kier molecular flexibility index (Phi) is 8.58. The molecule has 10 nitrogen and oxygen atoms in total. The van der Waals surface area contributed by atoms with Crippen molar-refractivity contribution in [1.29, 1.82) is 0 Å². The number of thiazole rings is 1. The molecule has 2 saturated heterocycles. The third kappa shape index (κ3) is 4.83. The number of nitrogens with two attached hydrogens (primary N) is 1. The number of thioether (sulfide) groups is 1. The molecule has 1 aromatic heterocycles. The van der Waals surface area contributed by atoms with Crippen molar-refractivity contribution in [3.05, 3.63) is 22.3 Å². The smallest absolute Gasteiger partial charge is 0.863 e. The molecule has 3 aliphatic heterocycles. The molecule has 0 bridgehead atoms. The molecule has 14 heteroatoms. The topological polar surface area (TPSA) is 142 Å². The quantitative estimate of drug-likeness (QED) is 0.135. The molecule has 2 atom stereocenters. The molecule has 4 heterocycles. The molecule has 2 fully saturated rings. The van der Waals surface area contributed by atoms with E-state index in [1.807, 2.05) is 0 Å². The van der Waals surface area contributed by atoms with Gasteiger partial charge in [0.25, 0.3) is 11.8 Å². The van der Waals surface area contributed by atoms with Crippen molar-refractivity contribution in [2.45, 2.75) is 24.3 Å². The molecule has 32 heavy (non-hydrogen) atoms. The summed E-state index contributed by atoms with van der Waals surface area (Å²) in [5, 5.41) is 19.6. The van der Waals surface area contributed by atoms with Crippen molar-refractivity contribution in [3.63, 3.8) is 0 Å². The number of nitrogens with zero attached hydrogens (tertiary/aromatic N) is 3. The van der Waals surface area contributed by atoms with Crippen LogP contribution in [0.3, 0.4) is 0 Å². The number of β-lactam (4-membered cyclic amide) rings is 1. The number of aromatic nitrogens is 1. The molecule has 4 rings (SSSR count). The fourth-order valence-electron chi connectivity index (χ4n) is 3.89. The van der Waals surface area contributed by atoms with E-state index in [9.17, 15) is 14.7 Å². The molecule has 0 aliphatic carbocycles. The summed E-state index contributed by atoms with van der Waals surface area (Å²) in [6.07, 6.45) is 1.59. The number of fused-ring (bicyclic) bond motifs is 1. The van der Waals surface area contributed by atoms with Crippen molar-refractivity contribution in [2.75, 3.05) is 31.8 Å². The maximum atomic E-state index is 12.9. The largest absolute Gasteiger partial charge is 1.00 e. The fraction of sp³-hybridized carbons (Fsp3) is 0.500. The van der Waals surface area contributed by atoms with Crippen molar-refractivity contribution < 1.29 is 53.8 Å². The zero-order valence-corrected chi connectivity index (χ0v) is 22.0. The van der Waals surface area contributed by atoms with E-state index in [1.54, 1.807) is 5.38 Å². The first-order chi connectivity index (χ1) is 14.9. The summed E-state index contributed by atoms with van der Waals surface area (Å²) < 4.78 is 5.41. The van der Waals surface area contributed by atoms with Gasteiger partial charge in [0.1, 0.15) is 24.2 Å². The Hall–Kier alpha value is -1.22. The van der Waals surface area contributed by atoms with Gasteiger partial charge in [0.05, 0.1) is 0 Å². The van der Waals surface area contributed by atoms with Gasteiger partial charge in [-0.25, -0.2) is 4.98 Å².